The number of carboxylic acids is 1. The van der Waals surface area contributed by atoms with Crippen molar-refractivity contribution in [2.24, 2.45) is 0 Å². The molecule has 9 heteroatoms. The molecule has 34 heavy (non-hydrogen) atoms. The van der Waals surface area contributed by atoms with Crippen LogP contribution in [0.3, 0.4) is 0 Å². The number of amides is 1. The maximum absolute atomic E-state index is 13.5. The molecule has 2 aromatic heterocycles. The monoisotopic (exact) mass is 450 g/mol. The van der Waals surface area contributed by atoms with Gasteiger partial charge in [0.05, 0.1) is 11.9 Å². The minimum Gasteiger partial charge on any atom is -0.480 e. The van der Waals surface area contributed by atoms with E-state index in [-0.39, 0.29) is 24.5 Å². The Morgan fingerprint density at radius 2 is 1.74 bits per heavy atom. The molecule has 1 atom stereocenters. The molecule has 0 aliphatic carbocycles. The second-order valence-electron chi connectivity index (χ2n) is 7.81. The number of carboxylic acid groups (broad SMARTS) is 1. The largest absolute Gasteiger partial charge is 0.480 e. The molecule has 5 rings (SSSR count). The molecule has 1 aliphatic heterocycles. The number of benzene rings is 2. The van der Waals surface area contributed by atoms with Crippen LogP contribution in [-0.4, -0.2) is 47.7 Å². The molecule has 3 heterocycles. The topological polar surface area (TPSA) is 125 Å². The normalized spacial score (nSPS) is 14.8. The van der Waals surface area contributed by atoms with Gasteiger partial charge in [0.1, 0.15) is 17.8 Å². The third kappa shape index (κ3) is 3.78. The van der Waals surface area contributed by atoms with Crippen molar-refractivity contribution in [2.45, 2.75) is 19.0 Å². The number of nitrogens with zero attached hydrogens (tertiary/aromatic N) is 6. The fraction of sp³-hybridized carbons (Fsp3) is 0.120. The lowest BCUT2D eigenvalue weighted by Crippen LogP contribution is -2.49. The number of nitriles is 1. The third-order valence-corrected chi connectivity index (χ3v) is 5.73. The molecule has 1 amide bonds. The molecule has 0 saturated heterocycles. The molecule has 9 nitrogen and oxygen atoms in total. The zero-order valence-corrected chi connectivity index (χ0v) is 17.9. The van der Waals surface area contributed by atoms with E-state index in [1.165, 1.54) is 15.8 Å². The highest BCUT2D eigenvalue weighted by Gasteiger charge is 2.37. The van der Waals surface area contributed by atoms with E-state index in [0.717, 1.165) is 16.7 Å². The minimum absolute atomic E-state index is 0.117. The van der Waals surface area contributed by atoms with Gasteiger partial charge >= 0.3 is 5.97 Å². The highest BCUT2D eigenvalue weighted by molar-refractivity contribution is 5.94. The van der Waals surface area contributed by atoms with Crippen molar-refractivity contribution in [2.75, 3.05) is 0 Å². The maximum atomic E-state index is 13.5. The SMILES string of the molecule is N#Cc1ccc(-n2nc(C(=O)N3Cc4ccccc4C[C@H]3C(=O)O)nc2-c2ccccc2)cn1. The van der Waals surface area contributed by atoms with Gasteiger partial charge in [-0.05, 0) is 23.3 Å². The molecule has 2 aromatic carbocycles. The number of hydrogen-bond acceptors (Lipinski definition) is 6. The van der Waals surface area contributed by atoms with Crippen LogP contribution in [0.4, 0.5) is 0 Å². The molecule has 0 fully saturated rings. The summed E-state index contributed by atoms with van der Waals surface area (Å²) in [6, 6.07) is 20.9. The van der Waals surface area contributed by atoms with Crippen LogP contribution in [0.25, 0.3) is 17.1 Å². The summed E-state index contributed by atoms with van der Waals surface area (Å²) < 4.78 is 1.48. The number of fused-ring (bicyclic) bond motifs is 1. The quantitative estimate of drug-likeness (QED) is 0.507. The van der Waals surface area contributed by atoms with E-state index < -0.39 is 17.9 Å². The molecule has 4 aromatic rings. The van der Waals surface area contributed by atoms with Crippen molar-refractivity contribution in [3.63, 3.8) is 0 Å². The molecule has 0 radical (unpaired) electrons. The predicted octanol–water partition coefficient (Wildman–Crippen LogP) is 2.85. The number of hydrogen-bond donors (Lipinski definition) is 1. The Balaban J connectivity index is 1.58. The Kier molecular flexibility index (Phi) is 5.32. The number of aliphatic carboxylic acids is 1. The van der Waals surface area contributed by atoms with E-state index in [2.05, 4.69) is 15.1 Å². The molecular formula is C25H18N6O3. The zero-order valence-electron chi connectivity index (χ0n) is 17.9. The summed E-state index contributed by atoms with van der Waals surface area (Å²) in [4.78, 5) is 35.4. The van der Waals surface area contributed by atoms with Crippen LogP contribution < -0.4 is 0 Å². The Morgan fingerprint density at radius 1 is 1.00 bits per heavy atom. The maximum Gasteiger partial charge on any atom is 0.326 e. The van der Waals surface area contributed by atoms with Crippen LogP contribution in [-0.2, 0) is 17.8 Å². The van der Waals surface area contributed by atoms with Gasteiger partial charge in [0.15, 0.2) is 5.82 Å². The summed E-state index contributed by atoms with van der Waals surface area (Å²) in [5.74, 6) is -1.37. The van der Waals surface area contributed by atoms with Crippen LogP contribution in [0, 0.1) is 11.3 Å². The van der Waals surface area contributed by atoms with Gasteiger partial charge in [0.25, 0.3) is 5.91 Å². The van der Waals surface area contributed by atoms with Gasteiger partial charge in [-0.25, -0.2) is 19.4 Å². The van der Waals surface area contributed by atoms with Crippen LogP contribution in [0.1, 0.15) is 27.4 Å². The number of aromatic nitrogens is 4. The second kappa shape index (κ2) is 8.60. The van der Waals surface area contributed by atoms with E-state index >= 15 is 0 Å². The summed E-state index contributed by atoms with van der Waals surface area (Å²) in [5.41, 5.74) is 3.29. The van der Waals surface area contributed by atoms with E-state index in [1.54, 1.807) is 12.1 Å². The van der Waals surface area contributed by atoms with Crippen LogP contribution >= 0.6 is 0 Å². The summed E-state index contributed by atoms with van der Waals surface area (Å²) in [6.07, 6.45) is 1.69. The van der Waals surface area contributed by atoms with Gasteiger partial charge in [-0.15, -0.1) is 5.10 Å². The van der Waals surface area contributed by atoms with Crippen molar-refractivity contribution < 1.29 is 14.7 Å². The molecule has 0 spiro atoms. The molecule has 166 valence electrons. The summed E-state index contributed by atoms with van der Waals surface area (Å²) in [7, 11) is 0. The third-order valence-electron chi connectivity index (χ3n) is 5.73. The fourth-order valence-electron chi connectivity index (χ4n) is 4.02. The molecule has 1 aliphatic rings. The zero-order chi connectivity index (χ0) is 23.7. The summed E-state index contributed by atoms with van der Waals surface area (Å²) in [5, 5.41) is 23.3. The van der Waals surface area contributed by atoms with Crippen LogP contribution in [0.15, 0.2) is 72.9 Å². The van der Waals surface area contributed by atoms with Crippen LogP contribution in [0.5, 0.6) is 0 Å². The number of rotatable bonds is 4. The van der Waals surface area contributed by atoms with Gasteiger partial charge in [-0.2, -0.15) is 5.26 Å². The standard InChI is InChI=1S/C25H18N6O3/c26-13-19-10-11-20(14-27-19)31-23(16-6-2-1-3-7-16)28-22(29-31)24(32)30-15-18-9-5-4-8-17(18)12-21(30)25(33)34/h1-11,14,21H,12,15H2,(H,33,34)/t21-/m0/s1. The fourth-order valence-corrected chi connectivity index (χ4v) is 4.02. The highest BCUT2D eigenvalue weighted by Crippen LogP contribution is 2.26. The van der Waals surface area contributed by atoms with Crippen molar-refractivity contribution >= 4 is 11.9 Å². The molecule has 0 saturated carbocycles. The van der Waals surface area contributed by atoms with Gasteiger partial charge in [-0.3, -0.25) is 4.79 Å². The van der Waals surface area contributed by atoms with E-state index in [0.29, 0.717) is 11.5 Å². The Hall–Kier alpha value is -4.84. The second-order valence-corrected chi connectivity index (χ2v) is 7.81. The average Bonchev–Trinajstić information content (AvgIpc) is 3.33. The Bertz CT molecular complexity index is 1420. The molecule has 1 N–H and O–H groups in total. The van der Waals surface area contributed by atoms with Gasteiger partial charge < -0.3 is 10.0 Å². The highest BCUT2D eigenvalue weighted by atomic mass is 16.4. The Labute approximate surface area is 194 Å². The van der Waals surface area contributed by atoms with Crippen LogP contribution in [0.2, 0.25) is 0 Å². The van der Waals surface area contributed by atoms with Gasteiger partial charge in [0.2, 0.25) is 5.82 Å². The smallest absolute Gasteiger partial charge is 0.326 e. The van der Waals surface area contributed by atoms with Crippen molar-refractivity contribution in [1.82, 2.24) is 24.6 Å². The first-order valence-corrected chi connectivity index (χ1v) is 10.5. The van der Waals surface area contributed by atoms with Crippen molar-refractivity contribution in [1.29, 1.82) is 5.26 Å². The summed E-state index contributed by atoms with van der Waals surface area (Å²) >= 11 is 0. The number of carbonyl (C=O) groups excluding carboxylic acids is 1. The first-order chi connectivity index (χ1) is 16.5. The lowest BCUT2D eigenvalue weighted by Gasteiger charge is -2.33. The van der Waals surface area contributed by atoms with E-state index in [1.807, 2.05) is 60.7 Å². The van der Waals surface area contributed by atoms with Crippen molar-refractivity contribution in [3.05, 3.63) is 95.6 Å². The summed E-state index contributed by atoms with van der Waals surface area (Å²) in [6.45, 7) is 0.152. The average molecular weight is 450 g/mol. The predicted molar refractivity (Wildman–Crippen MR) is 121 cm³/mol. The van der Waals surface area contributed by atoms with E-state index in [4.69, 9.17) is 5.26 Å². The number of pyridine rings is 1. The molecule has 0 unspecified atom stereocenters. The van der Waals surface area contributed by atoms with Gasteiger partial charge in [0, 0.05) is 18.5 Å². The first-order valence-electron chi connectivity index (χ1n) is 10.5. The van der Waals surface area contributed by atoms with Gasteiger partial charge in [-0.1, -0.05) is 54.6 Å². The number of carbonyl (C=O) groups is 2. The van der Waals surface area contributed by atoms with Crippen molar-refractivity contribution in [3.8, 4) is 23.1 Å². The first kappa shape index (κ1) is 21.0. The molecule has 0 bridgehead atoms. The lowest BCUT2D eigenvalue weighted by molar-refractivity contribution is -0.142. The lowest BCUT2D eigenvalue weighted by atomic mass is 9.94. The Morgan fingerprint density at radius 3 is 2.41 bits per heavy atom. The van der Waals surface area contributed by atoms with E-state index in [9.17, 15) is 14.7 Å². The molecular weight excluding hydrogens is 432 g/mol. The minimum atomic E-state index is -1.08.